The topological polar surface area (TPSA) is 15.6 Å². The SMILES string of the molecule is C1=C(C23CC4CC(CC(C4)C2)C3)N2CCN=C2S1. The first-order valence-electron chi connectivity index (χ1n) is 7.52. The molecule has 6 aliphatic rings. The molecule has 4 aliphatic carbocycles. The zero-order valence-electron chi connectivity index (χ0n) is 10.8. The molecule has 18 heavy (non-hydrogen) atoms. The Kier molecular flexibility index (Phi) is 1.93. The maximum absolute atomic E-state index is 4.63. The van der Waals surface area contributed by atoms with E-state index >= 15 is 0 Å². The Labute approximate surface area is 113 Å². The first-order valence-corrected chi connectivity index (χ1v) is 8.40. The van der Waals surface area contributed by atoms with Crippen LogP contribution in [0, 0.1) is 23.2 Å². The smallest absolute Gasteiger partial charge is 0.167 e. The van der Waals surface area contributed by atoms with E-state index in [0.717, 1.165) is 30.8 Å². The molecule has 4 fully saturated rings. The van der Waals surface area contributed by atoms with E-state index in [2.05, 4.69) is 15.3 Å². The maximum Gasteiger partial charge on any atom is 0.167 e. The van der Waals surface area contributed by atoms with Gasteiger partial charge in [0, 0.05) is 17.7 Å². The van der Waals surface area contributed by atoms with Gasteiger partial charge in [-0.25, -0.2) is 0 Å². The van der Waals surface area contributed by atoms with Crippen molar-refractivity contribution in [2.24, 2.45) is 28.2 Å². The molecular weight excluding hydrogens is 240 g/mol. The lowest BCUT2D eigenvalue weighted by Gasteiger charge is -2.58. The van der Waals surface area contributed by atoms with Crippen molar-refractivity contribution in [3.8, 4) is 0 Å². The second-order valence-electron chi connectivity index (χ2n) is 7.13. The molecule has 0 saturated heterocycles. The predicted molar refractivity (Wildman–Crippen MR) is 75.3 cm³/mol. The number of hydrogen-bond acceptors (Lipinski definition) is 3. The van der Waals surface area contributed by atoms with Crippen molar-refractivity contribution in [2.75, 3.05) is 13.1 Å². The molecule has 2 heterocycles. The normalized spacial score (nSPS) is 48.4. The molecule has 2 nitrogen and oxygen atoms in total. The zero-order valence-corrected chi connectivity index (χ0v) is 11.6. The standard InChI is InChI=1S/C15H20N2S/c1-2-17-13(9-18-14(17)16-1)15-6-10-3-11(7-15)5-12(4-10)8-15/h9-12H,1-8H2. The summed E-state index contributed by atoms with van der Waals surface area (Å²) in [6.07, 6.45) is 9.07. The largest absolute Gasteiger partial charge is 0.322 e. The molecular formula is C15H20N2S. The second-order valence-corrected chi connectivity index (χ2v) is 7.97. The lowest BCUT2D eigenvalue weighted by molar-refractivity contribution is -0.0389. The van der Waals surface area contributed by atoms with Crippen LogP contribution in [0.15, 0.2) is 16.1 Å². The van der Waals surface area contributed by atoms with Crippen molar-refractivity contribution in [3.05, 3.63) is 11.1 Å². The van der Waals surface area contributed by atoms with Crippen LogP contribution in [0.5, 0.6) is 0 Å². The van der Waals surface area contributed by atoms with Crippen LogP contribution in [0.4, 0.5) is 0 Å². The molecule has 0 amide bonds. The average molecular weight is 260 g/mol. The molecule has 0 unspecified atom stereocenters. The van der Waals surface area contributed by atoms with Crippen LogP contribution in [-0.4, -0.2) is 23.2 Å². The van der Waals surface area contributed by atoms with Gasteiger partial charge in [-0.1, -0.05) is 11.8 Å². The summed E-state index contributed by atoms with van der Waals surface area (Å²) < 4.78 is 0. The third kappa shape index (κ3) is 1.24. The minimum atomic E-state index is 0.559. The maximum atomic E-state index is 4.63. The third-order valence-corrected chi connectivity index (χ3v) is 6.85. The van der Waals surface area contributed by atoms with Crippen LogP contribution in [-0.2, 0) is 0 Å². The first-order chi connectivity index (χ1) is 8.82. The monoisotopic (exact) mass is 260 g/mol. The quantitative estimate of drug-likeness (QED) is 0.717. The highest BCUT2D eigenvalue weighted by molar-refractivity contribution is 8.16. The molecule has 3 heteroatoms. The fourth-order valence-electron chi connectivity index (χ4n) is 5.76. The number of aliphatic imine (C=N–C) groups is 1. The van der Waals surface area contributed by atoms with Gasteiger partial charge in [0.05, 0.1) is 6.54 Å². The third-order valence-electron chi connectivity index (χ3n) is 5.95. The van der Waals surface area contributed by atoms with Crippen molar-refractivity contribution >= 4 is 16.9 Å². The number of rotatable bonds is 1. The number of allylic oxidation sites excluding steroid dienone is 1. The molecule has 6 rings (SSSR count). The van der Waals surface area contributed by atoms with Gasteiger partial charge in [-0.15, -0.1) is 0 Å². The Bertz CT molecular complexity index is 430. The molecule has 0 N–H and O–H groups in total. The van der Waals surface area contributed by atoms with Gasteiger partial charge >= 0.3 is 0 Å². The van der Waals surface area contributed by atoms with Crippen LogP contribution in [0.3, 0.4) is 0 Å². The van der Waals surface area contributed by atoms with E-state index < -0.39 is 0 Å². The van der Waals surface area contributed by atoms with Crippen LogP contribution < -0.4 is 0 Å². The van der Waals surface area contributed by atoms with Gasteiger partial charge in [-0.2, -0.15) is 0 Å². The highest BCUT2D eigenvalue weighted by Gasteiger charge is 2.54. The van der Waals surface area contributed by atoms with Gasteiger partial charge < -0.3 is 4.90 Å². The van der Waals surface area contributed by atoms with E-state index in [1.807, 2.05) is 11.8 Å². The second kappa shape index (κ2) is 3.36. The van der Waals surface area contributed by atoms with E-state index in [1.165, 1.54) is 24.4 Å². The van der Waals surface area contributed by atoms with Crippen LogP contribution in [0.1, 0.15) is 38.5 Å². The molecule has 0 aromatic rings. The van der Waals surface area contributed by atoms with Gasteiger partial charge in [0.1, 0.15) is 0 Å². The number of thioether (sulfide) groups is 1. The Hall–Kier alpha value is -0.440. The Morgan fingerprint density at radius 1 is 1.11 bits per heavy atom. The number of nitrogens with zero attached hydrogens (tertiary/aromatic N) is 2. The predicted octanol–water partition coefficient (Wildman–Crippen LogP) is 3.46. The summed E-state index contributed by atoms with van der Waals surface area (Å²) in [5.41, 5.74) is 2.23. The van der Waals surface area contributed by atoms with Gasteiger partial charge in [0.25, 0.3) is 0 Å². The van der Waals surface area contributed by atoms with Gasteiger partial charge in [0.2, 0.25) is 0 Å². The highest BCUT2D eigenvalue weighted by atomic mass is 32.2. The van der Waals surface area contributed by atoms with Crippen molar-refractivity contribution in [2.45, 2.75) is 38.5 Å². The van der Waals surface area contributed by atoms with Crippen LogP contribution in [0.2, 0.25) is 0 Å². The lowest BCUT2D eigenvalue weighted by atomic mass is 9.48. The lowest BCUT2D eigenvalue weighted by Crippen LogP contribution is -2.49. The summed E-state index contributed by atoms with van der Waals surface area (Å²) in [6.45, 7) is 2.17. The summed E-state index contributed by atoms with van der Waals surface area (Å²) in [6, 6.07) is 0. The number of amidine groups is 1. The number of hydrogen-bond donors (Lipinski definition) is 0. The summed E-state index contributed by atoms with van der Waals surface area (Å²) in [5, 5.41) is 3.74. The molecule has 0 aromatic heterocycles. The van der Waals surface area contributed by atoms with Crippen LogP contribution >= 0.6 is 11.8 Å². The fraction of sp³-hybridized carbons (Fsp3) is 0.800. The molecule has 0 aromatic carbocycles. The summed E-state index contributed by atoms with van der Waals surface area (Å²) >= 11 is 1.88. The molecule has 0 atom stereocenters. The van der Waals surface area contributed by atoms with Crippen molar-refractivity contribution in [1.29, 1.82) is 0 Å². The Morgan fingerprint density at radius 3 is 2.44 bits per heavy atom. The molecule has 0 radical (unpaired) electrons. The van der Waals surface area contributed by atoms with E-state index in [0.29, 0.717) is 5.41 Å². The zero-order chi connectivity index (χ0) is 11.7. The minimum absolute atomic E-state index is 0.559. The fourth-order valence-corrected chi connectivity index (χ4v) is 6.84. The minimum Gasteiger partial charge on any atom is -0.322 e. The Balaban J connectivity index is 1.54. The van der Waals surface area contributed by atoms with E-state index in [4.69, 9.17) is 0 Å². The van der Waals surface area contributed by atoms with Crippen molar-refractivity contribution < 1.29 is 0 Å². The summed E-state index contributed by atoms with van der Waals surface area (Å²) in [5.74, 6) is 3.14. The molecule has 4 bridgehead atoms. The number of fused-ring (bicyclic) bond motifs is 1. The van der Waals surface area contributed by atoms with Crippen LogP contribution in [0.25, 0.3) is 0 Å². The molecule has 96 valence electrons. The van der Waals surface area contributed by atoms with Gasteiger partial charge in [-0.3, -0.25) is 4.99 Å². The Morgan fingerprint density at radius 2 is 1.78 bits per heavy atom. The van der Waals surface area contributed by atoms with E-state index in [1.54, 1.807) is 25.0 Å². The van der Waals surface area contributed by atoms with E-state index in [-0.39, 0.29) is 0 Å². The molecule has 4 saturated carbocycles. The first kappa shape index (κ1) is 10.4. The van der Waals surface area contributed by atoms with Gasteiger partial charge in [0.15, 0.2) is 5.17 Å². The summed E-state index contributed by atoms with van der Waals surface area (Å²) in [7, 11) is 0. The van der Waals surface area contributed by atoms with Gasteiger partial charge in [-0.05, 0) is 61.7 Å². The van der Waals surface area contributed by atoms with Crippen molar-refractivity contribution in [3.63, 3.8) is 0 Å². The molecule has 2 aliphatic heterocycles. The average Bonchev–Trinajstić information content (AvgIpc) is 2.87. The van der Waals surface area contributed by atoms with E-state index in [9.17, 15) is 0 Å². The molecule has 0 spiro atoms. The van der Waals surface area contributed by atoms with Crippen molar-refractivity contribution in [1.82, 2.24) is 4.90 Å². The summed E-state index contributed by atoms with van der Waals surface area (Å²) in [4.78, 5) is 7.18. The highest BCUT2D eigenvalue weighted by Crippen LogP contribution is 2.64.